The molecule has 1 fully saturated rings. The average Bonchev–Trinajstić information content (AvgIpc) is 2.33. The molecular formula is C14H16FN3. The molecule has 3 nitrogen and oxygen atoms in total. The highest BCUT2D eigenvalue weighted by Gasteiger charge is 2.43. The van der Waals surface area contributed by atoms with E-state index in [1.165, 1.54) is 6.07 Å². The summed E-state index contributed by atoms with van der Waals surface area (Å²) < 4.78 is 13.9. The fourth-order valence-corrected chi connectivity index (χ4v) is 2.02. The Balaban J connectivity index is 2.19. The Kier molecular flexibility index (Phi) is 3.24. The molecule has 0 bridgehead atoms. The lowest BCUT2D eigenvalue weighted by atomic mass is 9.85. The number of nitrogens with one attached hydrogen (secondary N) is 2. The number of halogens is 1. The maximum absolute atomic E-state index is 13.9. The van der Waals surface area contributed by atoms with Crippen LogP contribution >= 0.6 is 0 Å². The summed E-state index contributed by atoms with van der Waals surface area (Å²) in [7, 11) is 1.70. The van der Waals surface area contributed by atoms with Crippen LogP contribution in [0.4, 0.5) is 10.1 Å². The van der Waals surface area contributed by atoms with Gasteiger partial charge in [-0.2, -0.15) is 0 Å². The zero-order valence-corrected chi connectivity index (χ0v) is 10.4. The molecule has 0 unspecified atom stereocenters. The first-order chi connectivity index (χ1) is 8.60. The average molecular weight is 245 g/mol. The molecule has 0 radical (unpaired) electrons. The molecule has 1 aliphatic carbocycles. The van der Waals surface area contributed by atoms with E-state index in [2.05, 4.69) is 22.1 Å². The molecule has 0 aromatic heterocycles. The zero-order valence-electron chi connectivity index (χ0n) is 10.4. The molecular weight excluding hydrogens is 229 g/mol. The summed E-state index contributed by atoms with van der Waals surface area (Å²) in [5.41, 5.74) is 1.13. The second-order valence-corrected chi connectivity index (χ2v) is 4.55. The van der Waals surface area contributed by atoms with Crippen LogP contribution in [0.25, 0.3) is 10.5 Å². The first-order valence-corrected chi connectivity index (χ1v) is 5.93. The van der Waals surface area contributed by atoms with Gasteiger partial charge in [-0.25, -0.2) is 11.0 Å². The monoisotopic (exact) mass is 245 g/mol. The molecule has 2 rings (SSSR count). The third-order valence-corrected chi connectivity index (χ3v) is 3.37. The number of hydrogen-bond donors (Lipinski definition) is 2. The smallest absolute Gasteiger partial charge is 0.305 e. The normalized spacial score (nSPS) is 16.3. The first-order valence-electron chi connectivity index (χ1n) is 5.93. The molecule has 0 saturated heterocycles. The Hall–Kier alpha value is -2.02. The topological polar surface area (TPSA) is 28.4 Å². The van der Waals surface area contributed by atoms with Gasteiger partial charge in [-0.05, 0) is 24.6 Å². The SMILES string of the molecule is [C-]#[N+]C1(Nc2ccc(C(=C)NC)c(F)c2)CCC1. The van der Waals surface area contributed by atoms with E-state index in [0.29, 0.717) is 16.9 Å². The Morgan fingerprint density at radius 3 is 2.67 bits per heavy atom. The van der Waals surface area contributed by atoms with Crippen molar-refractivity contribution in [1.29, 1.82) is 0 Å². The van der Waals surface area contributed by atoms with Gasteiger partial charge in [0.2, 0.25) is 0 Å². The lowest BCUT2D eigenvalue weighted by Crippen LogP contribution is -2.41. The van der Waals surface area contributed by atoms with Gasteiger partial charge in [0.05, 0.1) is 0 Å². The third-order valence-electron chi connectivity index (χ3n) is 3.37. The van der Waals surface area contributed by atoms with E-state index in [0.717, 1.165) is 19.3 Å². The lowest BCUT2D eigenvalue weighted by Gasteiger charge is -2.31. The van der Waals surface area contributed by atoms with E-state index in [4.69, 9.17) is 6.57 Å². The summed E-state index contributed by atoms with van der Waals surface area (Å²) in [5.74, 6) is -0.334. The number of hydrogen-bond acceptors (Lipinski definition) is 2. The molecule has 4 heteroatoms. The summed E-state index contributed by atoms with van der Waals surface area (Å²) in [6, 6.07) is 4.88. The lowest BCUT2D eigenvalue weighted by molar-refractivity contribution is 0.343. The summed E-state index contributed by atoms with van der Waals surface area (Å²) in [6.07, 6.45) is 2.69. The fraction of sp³-hybridized carbons (Fsp3) is 0.357. The van der Waals surface area contributed by atoms with Gasteiger partial charge in [-0.15, -0.1) is 0 Å². The van der Waals surface area contributed by atoms with E-state index in [-0.39, 0.29) is 5.82 Å². The minimum absolute atomic E-state index is 0.334. The molecule has 1 saturated carbocycles. The first kappa shape index (κ1) is 12.4. The molecule has 18 heavy (non-hydrogen) atoms. The quantitative estimate of drug-likeness (QED) is 0.797. The second-order valence-electron chi connectivity index (χ2n) is 4.55. The fourth-order valence-electron chi connectivity index (χ4n) is 2.02. The van der Waals surface area contributed by atoms with Crippen LogP contribution in [0.15, 0.2) is 24.8 Å². The van der Waals surface area contributed by atoms with Gasteiger partial charge >= 0.3 is 5.66 Å². The zero-order chi connectivity index (χ0) is 13.2. The van der Waals surface area contributed by atoms with E-state index < -0.39 is 5.66 Å². The van der Waals surface area contributed by atoms with Gasteiger partial charge < -0.3 is 10.6 Å². The van der Waals surface area contributed by atoms with E-state index in [1.807, 2.05) is 0 Å². The van der Waals surface area contributed by atoms with Crippen LogP contribution in [0.3, 0.4) is 0 Å². The maximum Gasteiger partial charge on any atom is 0.305 e. The molecule has 0 amide bonds. The number of rotatable bonds is 4. The predicted octanol–water partition coefficient (Wildman–Crippen LogP) is 3.23. The van der Waals surface area contributed by atoms with Crippen molar-refractivity contribution in [2.24, 2.45) is 0 Å². The Bertz CT molecular complexity index is 512. The Labute approximate surface area is 107 Å². The highest BCUT2D eigenvalue weighted by Crippen LogP contribution is 2.36. The van der Waals surface area contributed by atoms with Crippen molar-refractivity contribution in [1.82, 2.24) is 5.32 Å². The van der Waals surface area contributed by atoms with Crippen molar-refractivity contribution in [3.05, 3.63) is 47.6 Å². The number of nitrogens with zero attached hydrogens (tertiary/aromatic N) is 1. The van der Waals surface area contributed by atoms with Gasteiger partial charge in [0.15, 0.2) is 0 Å². The van der Waals surface area contributed by atoms with E-state index >= 15 is 0 Å². The van der Waals surface area contributed by atoms with Crippen molar-refractivity contribution in [2.45, 2.75) is 24.9 Å². The molecule has 94 valence electrons. The molecule has 0 aliphatic heterocycles. The second kappa shape index (κ2) is 4.69. The molecule has 1 aromatic carbocycles. The van der Waals surface area contributed by atoms with Crippen LogP contribution < -0.4 is 10.6 Å². The molecule has 0 atom stereocenters. The van der Waals surface area contributed by atoms with Gasteiger partial charge in [0, 0.05) is 36.8 Å². The molecule has 0 spiro atoms. The van der Waals surface area contributed by atoms with Crippen molar-refractivity contribution in [3.63, 3.8) is 0 Å². The number of benzene rings is 1. The van der Waals surface area contributed by atoms with Crippen molar-refractivity contribution in [2.75, 3.05) is 12.4 Å². The predicted molar refractivity (Wildman–Crippen MR) is 71.3 cm³/mol. The summed E-state index contributed by atoms with van der Waals surface area (Å²) in [5, 5.41) is 5.94. The Morgan fingerprint density at radius 1 is 1.50 bits per heavy atom. The molecule has 1 aromatic rings. The van der Waals surface area contributed by atoms with Gasteiger partial charge in [-0.3, -0.25) is 4.85 Å². The van der Waals surface area contributed by atoms with E-state index in [9.17, 15) is 4.39 Å². The highest BCUT2D eigenvalue weighted by atomic mass is 19.1. The summed E-state index contributed by atoms with van der Waals surface area (Å²) >= 11 is 0. The van der Waals surface area contributed by atoms with Gasteiger partial charge in [-0.1, -0.05) is 6.58 Å². The molecule has 0 heterocycles. The molecule has 2 N–H and O–H groups in total. The standard InChI is InChI=1S/C14H16FN3/c1-10(16-2)12-6-5-11(9-13(12)15)18-14(17-3)7-4-8-14/h5-6,9,16,18H,1,4,7-8H2,2H3. The van der Waals surface area contributed by atoms with Crippen LogP contribution in [-0.4, -0.2) is 12.7 Å². The van der Waals surface area contributed by atoms with Crippen LogP contribution in [0.5, 0.6) is 0 Å². The third kappa shape index (κ3) is 2.17. The van der Waals surface area contributed by atoms with Crippen LogP contribution in [0, 0.1) is 12.4 Å². The molecule has 1 aliphatic rings. The minimum atomic E-state index is -0.520. The minimum Gasteiger partial charge on any atom is -0.388 e. The highest BCUT2D eigenvalue weighted by molar-refractivity contribution is 5.64. The summed E-state index contributed by atoms with van der Waals surface area (Å²) in [4.78, 5) is 3.61. The van der Waals surface area contributed by atoms with E-state index in [1.54, 1.807) is 19.2 Å². The van der Waals surface area contributed by atoms with Crippen molar-refractivity contribution in [3.8, 4) is 0 Å². The Morgan fingerprint density at radius 2 is 2.22 bits per heavy atom. The summed E-state index contributed by atoms with van der Waals surface area (Å²) in [6.45, 7) is 10.9. The van der Waals surface area contributed by atoms with Gasteiger partial charge in [0.1, 0.15) is 5.82 Å². The van der Waals surface area contributed by atoms with Crippen molar-refractivity contribution >= 4 is 11.4 Å². The van der Waals surface area contributed by atoms with Crippen LogP contribution in [0.2, 0.25) is 0 Å². The van der Waals surface area contributed by atoms with Crippen LogP contribution in [-0.2, 0) is 0 Å². The maximum atomic E-state index is 13.9. The number of anilines is 1. The van der Waals surface area contributed by atoms with Crippen LogP contribution in [0.1, 0.15) is 24.8 Å². The largest absolute Gasteiger partial charge is 0.388 e. The van der Waals surface area contributed by atoms with Gasteiger partial charge in [0.25, 0.3) is 0 Å². The van der Waals surface area contributed by atoms with Crippen molar-refractivity contribution < 1.29 is 4.39 Å².